The quantitative estimate of drug-likeness (QED) is 0.441. The lowest BCUT2D eigenvalue weighted by atomic mass is 9.95. The maximum absolute atomic E-state index is 12.4. The molecule has 5 heteroatoms. The van der Waals surface area contributed by atoms with Gasteiger partial charge in [-0.05, 0) is 42.3 Å². The summed E-state index contributed by atoms with van der Waals surface area (Å²) in [6, 6.07) is 15.6. The third-order valence-corrected chi connectivity index (χ3v) is 4.16. The molecule has 0 fully saturated rings. The van der Waals surface area contributed by atoms with Crippen LogP contribution in [0.25, 0.3) is 10.4 Å². The van der Waals surface area contributed by atoms with E-state index in [2.05, 4.69) is 4.85 Å². The zero-order chi connectivity index (χ0) is 20.0. The summed E-state index contributed by atoms with van der Waals surface area (Å²) in [4.78, 5) is 19.9. The topological polar surface area (TPSA) is 37.1 Å². The smallest absolute Gasteiger partial charge is 0.336 e. The lowest BCUT2D eigenvalue weighted by Gasteiger charge is -2.17. The van der Waals surface area contributed by atoms with Crippen LogP contribution >= 0.6 is 0 Å². The molecule has 0 aliphatic carbocycles. The monoisotopic (exact) mass is 363 g/mol. The Bertz CT molecular complexity index is 804. The summed E-state index contributed by atoms with van der Waals surface area (Å²) in [5.41, 5.74) is 4.27. The van der Waals surface area contributed by atoms with Crippen LogP contribution in [0.1, 0.15) is 18.1 Å². The highest BCUT2D eigenvalue weighted by Crippen LogP contribution is 2.31. The molecule has 0 heterocycles. The first kappa shape index (κ1) is 20.1. The first-order valence-corrected chi connectivity index (χ1v) is 8.73. The summed E-state index contributed by atoms with van der Waals surface area (Å²) in [6.45, 7) is 9.53. The number of ether oxygens (including phenoxy) is 1. The van der Waals surface area contributed by atoms with Gasteiger partial charge in [-0.3, -0.25) is 4.79 Å². The van der Waals surface area contributed by atoms with E-state index in [-0.39, 0.29) is 12.3 Å². The summed E-state index contributed by atoms with van der Waals surface area (Å²) >= 11 is 0. The van der Waals surface area contributed by atoms with Crippen molar-refractivity contribution in [2.45, 2.75) is 6.92 Å². The lowest BCUT2D eigenvalue weighted by molar-refractivity contribution is -0.138. The molecule has 5 nitrogen and oxygen atoms in total. The van der Waals surface area contributed by atoms with Gasteiger partial charge in [0.1, 0.15) is 0 Å². The molecular formula is C22H25N3O2. The Balaban J connectivity index is 2.64. The second kappa shape index (κ2) is 8.91. The Morgan fingerprint density at radius 3 is 1.59 bits per heavy atom. The fourth-order valence-electron chi connectivity index (χ4n) is 2.70. The number of carbonyl (C=O) groups is 1. The highest BCUT2D eigenvalue weighted by molar-refractivity contribution is 6.03. The second-order valence-corrected chi connectivity index (χ2v) is 6.44. The zero-order valence-corrected chi connectivity index (χ0v) is 16.5. The van der Waals surface area contributed by atoms with E-state index in [0.29, 0.717) is 5.57 Å². The van der Waals surface area contributed by atoms with Gasteiger partial charge in [-0.15, -0.1) is 0 Å². The van der Waals surface area contributed by atoms with Crippen LogP contribution in [0.4, 0.5) is 11.4 Å². The van der Waals surface area contributed by atoms with Gasteiger partial charge in [0.25, 0.3) is 5.70 Å². The minimum Gasteiger partial charge on any atom is -0.471 e. The molecular weight excluding hydrogens is 338 g/mol. The summed E-state index contributed by atoms with van der Waals surface area (Å²) in [7, 11) is 7.87. The van der Waals surface area contributed by atoms with E-state index in [0.717, 1.165) is 22.5 Å². The van der Waals surface area contributed by atoms with Crippen LogP contribution in [-0.2, 0) is 9.53 Å². The molecule has 0 radical (unpaired) electrons. The van der Waals surface area contributed by atoms with E-state index in [9.17, 15) is 4.79 Å². The van der Waals surface area contributed by atoms with E-state index in [4.69, 9.17) is 11.3 Å². The number of esters is 1. The lowest BCUT2D eigenvalue weighted by Crippen LogP contribution is -2.10. The Labute approximate surface area is 161 Å². The molecule has 140 valence electrons. The van der Waals surface area contributed by atoms with Crippen LogP contribution in [0.3, 0.4) is 0 Å². The summed E-state index contributed by atoms with van der Waals surface area (Å²) in [5, 5.41) is 0. The van der Waals surface area contributed by atoms with Crippen molar-refractivity contribution >= 4 is 22.9 Å². The number of carbonyl (C=O) groups excluding carboxylic acids is 1. The first-order valence-electron chi connectivity index (χ1n) is 8.73. The second-order valence-electron chi connectivity index (χ2n) is 6.44. The van der Waals surface area contributed by atoms with Gasteiger partial charge in [-0.2, -0.15) is 0 Å². The molecule has 0 saturated heterocycles. The molecule has 0 spiro atoms. The Kier molecular flexibility index (Phi) is 6.62. The predicted octanol–water partition coefficient (Wildman–Crippen LogP) is 4.06. The van der Waals surface area contributed by atoms with Crippen molar-refractivity contribution < 1.29 is 9.53 Å². The average Bonchev–Trinajstić information content (AvgIpc) is 2.66. The predicted molar refractivity (Wildman–Crippen MR) is 111 cm³/mol. The summed E-state index contributed by atoms with van der Waals surface area (Å²) in [6.07, 6.45) is 0. The molecule has 0 unspecified atom stereocenters. The Morgan fingerprint density at radius 2 is 1.30 bits per heavy atom. The molecule has 0 aromatic heterocycles. The minimum atomic E-state index is -0.601. The van der Waals surface area contributed by atoms with Gasteiger partial charge in [0.2, 0.25) is 0 Å². The fraction of sp³-hybridized carbons (Fsp3) is 0.273. The van der Waals surface area contributed by atoms with Crippen molar-refractivity contribution in [2.24, 2.45) is 0 Å². The van der Waals surface area contributed by atoms with Crippen LogP contribution in [0.15, 0.2) is 54.2 Å². The van der Waals surface area contributed by atoms with E-state index >= 15 is 0 Å². The van der Waals surface area contributed by atoms with Crippen molar-refractivity contribution in [3.05, 3.63) is 76.8 Å². The molecule has 0 saturated carbocycles. The zero-order valence-electron chi connectivity index (χ0n) is 16.5. The van der Waals surface area contributed by atoms with E-state index in [1.54, 1.807) is 6.92 Å². The largest absolute Gasteiger partial charge is 0.471 e. The number of hydrogen-bond acceptors (Lipinski definition) is 4. The van der Waals surface area contributed by atoms with Gasteiger partial charge in [-0.1, -0.05) is 24.3 Å². The van der Waals surface area contributed by atoms with Crippen molar-refractivity contribution in [1.29, 1.82) is 0 Å². The number of nitrogens with zero attached hydrogens (tertiary/aromatic N) is 3. The van der Waals surface area contributed by atoms with Gasteiger partial charge in [0.05, 0.1) is 13.2 Å². The maximum atomic E-state index is 12.4. The highest BCUT2D eigenvalue weighted by atomic mass is 16.5. The summed E-state index contributed by atoms with van der Waals surface area (Å²) in [5.74, 6) is -0.601. The first-order chi connectivity index (χ1) is 12.9. The molecule has 0 bridgehead atoms. The molecule has 0 aliphatic heterocycles. The van der Waals surface area contributed by atoms with Gasteiger partial charge < -0.3 is 14.5 Å². The van der Waals surface area contributed by atoms with Crippen molar-refractivity contribution in [2.75, 3.05) is 44.6 Å². The van der Waals surface area contributed by atoms with E-state index in [1.807, 2.05) is 86.5 Å². The van der Waals surface area contributed by atoms with Crippen LogP contribution in [0.5, 0.6) is 0 Å². The van der Waals surface area contributed by atoms with E-state index in [1.165, 1.54) is 0 Å². The van der Waals surface area contributed by atoms with Crippen LogP contribution in [-0.4, -0.2) is 40.8 Å². The Hall–Kier alpha value is -3.26. The average molecular weight is 363 g/mol. The molecule has 0 aliphatic rings. The number of anilines is 2. The van der Waals surface area contributed by atoms with Gasteiger partial charge >= 0.3 is 5.97 Å². The molecule has 2 aromatic carbocycles. The number of benzene rings is 2. The molecule has 0 atom stereocenters. The molecule has 0 amide bonds. The molecule has 2 aromatic rings. The van der Waals surface area contributed by atoms with E-state index < -0.39 is 5.97 Å². The number of hydrogen-bond donors (Lipinski definition) is 0. The normalized spacial score (nSPS) is 9.93. The van der Waals surface area contributed by atoms with Crippen LogP contribution in [0.2, 0.25) is 0 Å². The van der Waals surface area contributed by atoms with Crippen LogP contribution in [0, 0.1) is 6.57 Å². The molecule has 2 rings (SSSR count). The van der Waals surface area contributed by atoms with Crippen LogP contribution < -0.4 is 9.80 Å². The summed E-state index contributed by atoms with van der Waals surface area (Å²) < 4.78 is 5.12. The maximum Gasteiger partial charge on any atom is 0.336 e. The van der Waals surface area contributed by atoms with Crippen molar-refractivity contribution in [3.8, 4) is 0 Å². The van der Waals surface area contributed by atoms with Crippen molar-refractivity contribution in [1.82, 2.24) is 0 Å². The number of rotatable bonds is 6. The van der Waals surface area contributed by atoms with Gasteiger partial charge in [0, 0.05) is 45.1 Å². The highest BCUT2D eigenvalue weighted by Gasteiger charge is 2.20. The molecule has 27 heavy (non-hydrogen) atoms. The molecule has 0 N–H and O–H groups in total. The van der Waals surface area contributed by atoms with Gasteiger partial charge in [-0.25, -0.2) is 4.85 Å². The third kappa shape index (κ3) is 4.68. The SMILES string of the molecule is [C-]#[N+]C(C(=O)OCC)=C(c1ccc(N(C)C)cc1)c1ccc(N(C)C)cc1. The third-order valence-electron chi connectivity index (χ3n) is 4.16. The minimum absolute atomic E-state index is 0.00736. The standard InChI is InChI=1S/C22H25N3O2/c1-7-27-22(26)21(23-2)20(16-8-12-18(13-9-16)24(3)4)17-10-14-19(15-11-17)25(5)6/h8-15H,7H2,1,3-6H3. The Morgan fingerprint density at radius 1 is 0.889 bits per heavy atom. The van der Waals surface area contributed by atoms with Crippen molar-refractivity contribution in [3.63, 3.8) is 0 Å². The van der Waals surface area contributed by atoms with Gasteiger partial charge in [0.15, 0.2) is 0 Å². The fourth-order valence-corrected chi connectivity index (χ4v) is 2.70.